The predicted octanol–water partition coefficient (Wildman–Crippen LogP) is 3.65. The van der Waals surface area contributed by atoms with E-state index in [1.54, 1.807) is 12.2 Å². The normalized spacial score (nSPS) is 33.1. The number of epoxide rings is 2. The molecule has 0 bridgehead atoms. The SMILES string of the molecule is O=C(O)C1C=CC(OCC2CO2)(C2(c3ccc(OCC4CO4)cc3)CCCCC2)C=C1. The molecule has 4 aliphatic rings. The van der Waals surface area contributed by atoms with Crippen LogP contribution in [0.15, 0.2) is 48.6 Å². The highest BCUT2D eigenvalue weighted by Gasteiger charge is 2.52. The number of ether oxygens (including phenoxy) is 4. The first-order valence-electron chi connectivity index (χ1n) is 11.3. The summed E-state index contributed by atoms with van der Waals surface area (Å²) in [5.74, 6) is -0.618. The Hall–Kier alpha value is -2.15. The molecule has 31 heavy (non-hydrogen) atoms. The van der Waals surface area contributed by atoms with Gasteiger partial charge in [-0.05, 0) is 30.5 Å². The Morgan fingerprint density at radius 2 is 1.58 bits per heavy atom. The predicted molar refractivity (Wildman–Crippen MR) is 114 cm³/mol. The lowest BCUT2D eigenvalue weighted by Crippen LogP contribution is -2.53. The van der Waals surface area contributed by atoms with Gasteiger partial charge in [0.1, 0.15) is 30.2 Å². The lowest BCUT2D eigenvalue weighted by molar-refractivity contribution is -0.138. The Morgan fingerprint density at radius 1 is 0.968 bits per heavy atom. The minimum atomic E-state index is -0.842. The van der Waals surface area contributed by atoms with Crippen LogP contribution in [0.1, 0.15) is 37.7 Å². The van der Waals surface area contributed by atoms with Gasteiger partial charge in [0.15, 0.2) is 0 Å². The van der Waals surface area contributed by atoms with E-state index in [0.717, 1.165) is 44.6 Å². The molecule has 0 spiro atoms. The number of carboxylic acids is 1. The van der Waals surface area contributed by atoms with Gasteiger partial charge in [-0.3, -0.25) is 4.79 Å². The summed E-state index contributed by atoms with van der Waals surface area (Å²) in [4.78, 5) is 11.5. The largest absolute Gasteiger partial charge is 0.491 e. The summed E-state index contributed by atoms with van der Waals surface area (Å²) in [5.41, 5.74) is 0.270. The molecule has 6 nitrogen and oxygen atoms in total. The average Bonchev–Trinajstić information content (AvgIpc) is 3.72. The minimum Gasteiger partial charge on any atom is -0.491 e. The van der Waals surface area contributed by atoms with Crippen molar-refractivity contribution in [2.75, 3.05) is 26.4 Å². The van der Waals surface area contributed by atoms with Crippen LogP contribution < -0.4 is 4.74 Å². The number of hydrogen-bond acceptors (Lipinski definition) is 5. The molecule has 1 saturated carbocycles. The fraction of sp³-hybridized carbons (Fsp3) is 0.560. The van der Waals surface area contributed by atoms with Crippen LogP contribution in [-0.4, -0.2) is 55.3 Å². The van der Waals surface area contributed by atoms with E-state index in [0.29, 0.717) is 13.2 Å². The van der Waals surface area contributed by atoms with Crippen molar-refractivity contribution in [1.29, 1.82) is 0 Å². The van der Waals surface area contributed by atoms with Crippen LogP contribution in [0.2, 0.25) is 0 Å². The smallest absolute Gasteiger partial charge is 0.314 e. The molecule has 0 amide bonds. The van der Waals surface area contributed by atoms with Gasteiger partial charge in [-0.25, -0.2) is 0 Å². The maximum atomic E-state index is 11.5. The number of aliphatic carboxylic acids is 1. The Morgan fingerprint density at radius 3 is 2.16 bits per heavy atom. The number of hydrogen-bond donors (Lipinski definition) is 1. The highest BCUT2D eigenvalue weighted by atomic mass is 16.6. The van der Waals surface area contributed by atoms with Crippen LogP contribution in [0.5, 0.6) is 5.75 Å². The van der Waals surface area contributed by atoms with E-state index in [4.69, 9.17) is 18.9 Å². The molecule has 166 valence electrons. The zero-order valence-electron chi connectivity index (χ0n) is 17.7. The Balaban J connectivity index is 1.47. The van der Waals surface area contributed by atoms with Crippen LogP contribution in [0.4, 0.5) is 0 Å². The van der Waals surface area contributed by atoms with E-state index in [1.807, 2.05) is 24.3 Å². The van der Waals surface area contributed by atoms with Crippen LogP contribution >= 0.6 is 0 Å². The van der Waals surface area contributed by atoms with Crippen molar-refractivity contribution in [3.8, 4) is 5.75 Å². The van der Waals surface area contributed by atoms with Gasteiger partial charge in [0, 0.05) is 5.41 Å². The summed E-state index contributed by atoms with van der Waals surface area (Å²) < 4.78 is 23.1. The summed E-state index contributed by atoms with van der Waals surface area (Å²) in [6, 6.07) is 8.36. The first kappa shape index (κ1) is 20.7. The monoisotopic (exact) mass is 426 g/mol. The van der Waals surface area contributed by atoms with Crippen molar-refractivity contribution >= 4 is 5.97 Å². The highest BCUT2D eigenvalue weighted by Crippen LogP contribution is 2.52. The lowest BCUT2D eigenvalue weighted by Gasteiger charge is -2.51. The van der Waals surface area contributed by atoms with Gasteiger partial charge in [-0.2, -0.15) is 0 Å². The molecule has 2 atom stereocenters. The summed E-state index contributed by atoms with van der Waals surface area (Å²) in [5, 5.41) is 9.47. The first-order valence-corrected chi connectivity index (χ1v) is 11.3. The molecule has 2 heterocycles. The molecule has 2 unspecified atom stereocenters. The molecule has 1 aromatic rings. The molecular weight excluding hydrogens is 396 g/mol. The third-order valence-electron chi connectivity index (χ3n) is 7.00. The number of rotatable bonds is 9. The van der Waals surface area contributed by atoms with Gasteiger partial charge < -0.3 is 24.1 Å². The van der Waals surface area contributed by atoms with Crippen molar-refractivity contribution < 1.29 is 28.8 Å². The molecule has 2 aliphatic carbocycles. The third-order valence-corrected chi connectivity index (χ3v) is 7.00. The van der Waals surface area contributed by atoms with Crippen molar-refractivity contribution in [1.82, 2.24) is 0 Å². The second kappa shape index (κ2) is 8.41. The number of carboxylic acid groups (broad SMARTS) is 1. The van der Waals surface area contributed by atoms with E-state index in [-0.39, 0.29) is 17.6 Å². The van der Waals surface area contributed by atoms with E-state index in [1.165, 1.54) is 12.0 Å². The standard InChI is InChI=1S/C25H30O6/c26-23(27)18-8-12-25(13-9-18,31-17-22-16-30-22)24(10-2-1-3-11-24)19-4-6-20(7-5-19)28-14-21-15-29-21/h4-9,12-13,18,21-22H,1-3,10-11,14-17H2,(H,26,27). The topological polar surface area (TPSA) is 80.8 Å². The fourth-order valence-electron chi connectivity index (χ4n) is 5.01. The van der Waals surface area contributed by atoms with Gasteiger partial charge in [0.2, 0.25) is 0 Å². The summed E-state index contributed by atoms with van der Waals surface area (Å²) >= 11 is 0. The molecule has 1 N–H and O–H groups in total. The molecule has 3 fully saturated rings. The van der Waals surface area contributed by atoms with E-state index in [9.17, 15) is 9.90 Å². The van der Waals surface area contributed by atoms with Gasteiger partial charge in [0.05, 0.1) is 25.7 Å². The molecule has 6 heteroatoms. The van der Waals surface area contributed by atoms with Gasteiger partial charge in [0.25, 0.3) is 0 Å². The maximum absolute atomic E-state index is 11.5. The van der Waals surface area contributed by atoms with Crippen molar-refractivity contribution in [2.45, 2.75) is 55.3 Å². The average molecular weight is 427 g/mol. The van der Waals surface area contributed by atoms with E-state index < -0.39 is 17.5 Å². The van der Waals surface area contributed by atoms with Crippen LogP contribution in [0.3, 0.4) is 0 Å². The maximum Gasteiger partial charge on any atom is 0.314 e. The van der Waals surface area contributed by atoms with Gasteiger partial charge >= 0.3 is 5.97 Å². The number of benzene rings is 1. The van der Waals surface area contributed by atoms with Crippen LogP contribution in [0.25, 0.3) is 0 Å². The zero-order chi connectivity index (χ0) is 21.3. The van der Waals surface area contributed by atoms with Gasteiger partial charge in [-0.15, -0.1) is 0 Å². The summed E-state index contributed by atoms with van der Waals surface area (Å²) in [6.07, 6.45) is 13.3. The Bertz CT molecular complexity index is 829. The molecule has 1 aromatic carbocycles. The van der Waals surface area contributed by atoms with Gasteiger partial charge in [-0.1, -0.05) is 55.7 Å². The molecule has 2 saturated heterocycles. The van der Waals surface area contributed by atoms with Crippen molar-refractivity contribution in [3.63, 3.8) is 0 Å². The molecular formula is C25H30O6. The zero-order valence-corrected chi connectivity index (χ0v) is 17.7. The van der Waals surface area contributed by atoms with Crippen LogP contribution in [0, 0.1) is 5.92 Å². The third kappa shape index (κ3) is 4.29. The molecule has 5 rings (SSSR count). The molecule has 0 radical (unpaired) electrons. The quantitative estimate of drug-likeness (QED) is 0.480. The minimum absolute atomic E-state index is 0.136. The number of carbonyl (C=O) groups is 1. The first-order chi connectivity index (χ1) is 15.1. The Labute approximate surface area is 182 Å². The fourth-order valence-corrected chi connectivity index (χ4v) is 5.01. The van der Waals surface area contributed by atoms with Crippen molar-refractivity contribution in [3.05, 3.63) is 54.1 Å². The van der Waals surface area contributed by atoms with Crippen LogP contribution in [-0.2, 0) is 24.4 Å². The second-order valence-corrected chi connectivity index (χ2v) is 9.08. The molecule has 2 aliphatic heterocycles. The lowest BCUT2D eigenvalue weighted by atomic mass is 9.58. The summed E-state index contributed by atoms with van der Waals surface area (Å²) in [6.45, 7) is 2.60. The molecule has 0 aromatic heterocycles. The van der Waals surface area contributed by atoms with Crippen molar-refractivity contribution in [2.24, 2.45) is 5.92 Å². The highest BCUT2D eigenvalue weighted by molar-refractivity contribution is 5.75. The van der Waals surface area contributed by atoms with E-state index >= 15 is 0 Å². The second-order valence-electron chi connectivity index (χ2n) is 9.08. The summed E-state index contributed by atoms with van der Waals surface area (Å²) in [7, 11) is 0. The van der Waals surface area contributed by atoms with E-state index in [2.05, 4.69) is 12.1 Å². The Kier molecular flexibility index (Phi) is 5.63.